The van der Waals surface area contributed by atoms with Crippen molar-refractivity contribution in [1.29, 1.82) is 0 Å². The number of hydrogen-bond acceptors (Lipinski definition) is 3. The zero-order chi connectivity index (χ0) is 13.1. The summed E-state index contributed by atoms with van der Waals surface area (Å²) in [5.41, 5.74) is 8.89. The van der Waals surface area contributed by atoms with Crippen LogP contribution in [0.25, 0.3) is 0 Å². The molecule has 0 saturated heterocycles. The summed E-state index contributed by atoms with van der Waals surface area (Å²) in [6.45, 7) is 6.45. The van der Waals surface area contributed by atoms with Gasteiger partial charge in [0.2, 0.25) is 5.88 Å². The fourth-order valence-corrected chi connectivity index (χ4v) is 1.96. The number of pyridine rings is 1. The third-order valence-electron chi connectivity index (χ3n) is 2.88. The predicted octanol–water partition coefficient (Wildman–Crippen LogP) is 3.89. The van der Waals surface area contributed by atoms with Crippen LogP contribution in [-0.2, 0) is 0 Å². The minimum Gasteiger partial charge on any atom is -0.437 e. The molecule has 94 valence electrons. The van der Waals surface area contributed by atoms with E-state index in [4.69, 9.17) is 10.5 Å². The van der Waals surface area contributed by atoms with Gasteiger partial charge in [-0.05, 0) is 48.2 Å². The van der Waals surface area contributed by atoms with E-state index in [1.807, 2.05) is 12.1 Å². The minimum atomic E-state index is 0.453. The molecule has 18 heavy (non-hydrogen) atoms. The topological polar surface area (TPSA) is 48.1 Å². The molecule has 0 aliphatic heterocycles. The number of anilines is 1. The van der Waals surface area contributed by atoms with Gasteiger partial charge < -0.3 is 10.5 Å². The van der Waals surface area contributed by atoms with Crippen molar-refractivity contribution in [3.05, 3.63) is 47.7 Å². The number of nitrogen functional groups attached to an aromatic ring is 1. The zero-order valence-electron chi connectivity index (χ0n) is 11.0. The summed E-state index contributed by atoms with van der Waals surface area (Å²) in [6.07, 6.45) is 1.67. The first kappa shape index (κ1) is 12.4. The molecular weight excluding hydrogens is 224 g/mol. The molecule has 0 aliphatic carbocycles. The molecule has 2 N–H and O–H groups in total. The Morgan fingerprint density at radius 2 is 2.00 bits per heavy atom. The van der Waals surface area contributed by atoms with Crippen molar-refractivity contribution in [3.63, 3.8) is 0 Å². The van der Waals surface area contributed by atoms with Gasteiger partial charge in [-0.3, -0.25) is 0 Å². The molecule has 0 amide bonds. The second kappa shape index (κ2) is 5.08. The highest BCUT2D eigenvalue weighted by Gasteiger charge is 2.07. The third-order valence-corrected chi connectivity index (χ3v) is 2.88. The van der Waals surface area contributed by atoms with Gasteiger partial charge in [-0.2, -0.15) is 0 Å². The predicted molar refractivity (Wildman–Crippen MR) is 74.0 cm³/mol. The molecule has 2 aromatic rings. The standard InChI is InChI=1S/C15H18N2O/c1-10(2)13-7-6-12(9-11(13)3)18-15-14(16)5-4-8-17-15/h4-10H,16H2,1-3H3. The number of rotatable bonds is 3. The smallest absolute Gasteiger partial charge is 0.242 e. The maximum Gasteiger partial charge on any atom is 0.242 e. The Morgan fingerprint density at radius 3 is 2.61 bits per heavy atom. The van der Waals surface area contributed by atoms with Crippen molar-refractivity contribution in [1.82, 2.24) is 4.98 Å². The molecule has 0 spiro atoms. The van der Waals surface area contributed by atoms with Crippen LogP contribution >= 0.6 is 0 Å². The van der Waals surface area contributed by atoms with Crippen molar-refractivity contribution in [2.75, 3.05) is 5.73 Å². The van der Waals surface area contributed by atoms with E-state index in [1.165, 1.54) is 11.1 Å². The van der Waals surface area contributed by atoms with E-state index in [0.717, 1.165) is 5.75 Å². The fourth-order valence-electron chi connectivity index (χ4n) is 1.96. The number of aryl methyl sites for hydroxylation is 1. The molecule has 0 bridgehead atoms. The quantitative estimate of drug-likeness (QED) is 0.888. The molecule has 0 atom stereocenters. The third kappa shape index (κ3) is 2.62. The van der Waals surface area contributed by atoms with Crippen LogP contribution in [0, 0.1) is 6.92 Å². The minimum absolute atomic E-state index is 0.453. The molecule has 3 nitrogen and oxygen atoms in total. The summed E-state index contributed by atoms with van der Waals surface area (Å²) in [7, 11) is 0. The summed E-state index contributed by atoms with van der Waals surface area (Å²) in [6, 6.07) is 9.63. The van der Waals surface area contributed by atoms with Gasteiger partial charge in [0.15, 0.2) is 0 Å². The van der Waals surface area contributed by atoms with Crippen LogP contribution in [0.15, 0.2) is 36.5 Å². The first-order chi connectivity index (χ1) is 8.58. The van der Waals surface area contributed by atoms with Gasteiger partial charge in [0.1, 0.15) is 5.75 Å². The highest BCUT2D eigenvalue weighted by atomic mass is 16.5. The van der Waals surface area contributed by atoms with Gasteiger partial charge in [-0.25, -0.2) is 4.98 Å². The van der Waals surface area contributed by atoms with Gasteiger partial charge >= 0.3 is 0 Å². The van der Waals surface area contributed by atoms with Crippen LogP contribution in [0.3, 0.4) is 0 Å². The Labute approximate surface area is 108 Å². The Balaban J connectivity index is 2.26. The number of ether oxygens (including phenoxy) is 1. The fraction of sp³-hybridized carbons (Fsp3) is 0.267. The SMILES string of the molecule is Cc1cc(Oc2ncccc2N)ccc1C(C)C. The van der Waals surface area contributed by atoms with Crippen molar-refractivity contribution < 1.29 is 4.74 Å². The van der Waals surface area contributed by atoms with E-state index in [-0.39, 0.29) is 0 Å². The second-order valence-electron chi connectivity index (χ2n) is 4.67. The average molecular weight is 242 g/mol. The number of nitrogens with two attached hydrogens (primary N) is 1. The van der Waals surface area contributed by atoms with Gasteiger partial charge in [-0.1, -0.05) is 19.9 Å². The summed E-state index contributed by atoms with van der Waals surface area (Å²) in [5, 5.41) is 0. The van der Waals surface area contributed by atoms with E-state index in [9.17, 15) is 0 Å². The van der Waals surface area contributed by atoms with Crippen molar-refractivity contribution >= 4 is 5.69 Å². The molecular formula is C15H18N2O. The van der Waals surface area contributed by atoms with Gasteiger partial charge in [0.05, 0.1) is 5.69 Å². The molecule has 0 radical (unpaired) electrons. The Morgan fingerprint density at radius 1 is 1.22 bits per heavy atom. The lowest BCUT2D eigenvalue weighted by molar-refractivity contribution is 0.465. The van der Waals surface area contributed by atoms with Crippen molar-refractivity contribution in [3.8, 4) is 11.6 Å². The monoisotopic (exact) mass is 242 g/mol. The van der Waals surface area contributed by atoms with Crippen molar-refractivity contribution in [2.24, 2.45) is 0 Å². The summed E-state index contributed by atoms with van der Waals surface area (Å²) >= 11 is 0. The second-order valence-corrected chi connectivity index (χ2v) is 4.67. The molecule has 3 heteroatoms. The molecule has 1 aromatic carbocycles. The van der Waals surface area contributed by atoms with E-state index in [0.29, 0.717) is 17.5 Å². The molecule has 0 aliphatic rings. The number of benzene rings is 1. The maximum absolute atomic E-state index is 5.80. The molecule has 0 unspecified atom stereocenters. The van der Waals surface area contributed by atoms with Crippen LogP contribution in [0.2, 0.25) is 0 Å². The van der Waals surface area contributed by atoms with Gasteiger partial charge in [0.25, 0.3) is 0 Å². The molecule has 0 fully saturated rings. The van der Waals surface area contributed by atoms with Crippen molar-refractivity contribution in [2.45, 2.75) is 26.7 Å². The van der Waals surface area contributed by atoms with Gasteiger partial charge in [0, 0.05) is 6.20 Å². The Bertz CT molecular complexity index is 550. The Kier molecular flexibility index (Phi) is 3.51. The average Bonchev–Trinajstić information content (AvgIpc) is 2.32. The molecule has 2 rings (SSSR count). The first-order valence-electron chi connectivity index (χ1n) is 6.07. The largest absolute Gasteiger partial charge is 0.437 e. The van der Waals surface area contributed by atoms with E-state index in [1.54, 1.807) is 18.3 Å². The lowest BCUT2D eigenvalue weighted by atomic mass is 9.98. The number of aromatic nitrogens is 1. The van der Waals surface area contributed by atoms with Crippen LogP contribution in [0.5, 0.6) is 11.6 Å². The van der Waals surface area contributed by atoms with E-state index in [2.05, 4.69) is 31.8 Å². The highest BCUT2D eigenvalue weighted by Crippen LogP contribution is 2.28. The highest BCUT2D eigenvalue weighted by molar-refractivity contribution is 5.49. The normalized spacial score (nSPS) is 10.7. The molecule has 0 saturated carbocycles. The van der Waals surface area contributed by atoms with Crippen LogP contribution in [-0.4, -0.2) is 4.98 Å². The molecule has 1 heterocycles. The number of hydrogen-bond donors (Lipinski definition) is 1. The summed E-state index contributed by atoms with van der Waals surface area (Å²) in [5.74, 6) is 1.73. The maximum atomic E-state index is 5.80. The zero-order valence-corrected chi connectivity index (χ0v) is 11.0. The van der Waals surface area contributed by atoms with E-state index < -0.39 is 0 Å². The Hall–Kier alpha value is -2.03. The first-order valence-corrected chi connectivity index (χ1v) is 6.07. The number of nitrogens with zero attached hydrogens (tertiary/aromatic N) is 1. The van der Waals surface area contributed by atoms with Crippen LogP contribution in [0.4, 0.5) is 5.69 Å². The lowest BCUT2D eigenvalue weighted by Crippen LogP contribution is -1.96. The summed E-state index contributed by atoms with van der Waals surface area (Å²) in [4.78, 5) is 4.11. The van der Waals surface area contributed by atoms with E-state index >= 15 is 0 Å². The van der Waals surface area contributed by atoms with Crippen LogP contribution < -0.4 is 10.5 Å². The van der Waals surface area contributed by atoms with Crippen LogP contribution in [0.1, 0.15) is 30.9 Å². The summed E-state index contributed by atoms with van der Waals surface area (Å²) < 4.78 is 5.69. The lowest BCUT2D eigenvalue weighted by Gasteiger charge is -2.12. The molecule has 1 aromatic heterocycles. The van der Waals surface area contributed by atoms with Gasteiger partial charge in [-0.15, -0.1) is 0 Å².